The molecule has 0 radical (unpaired) electrons. The summed E-state index contributed by atoms with van der Waals surface area (Å²) in [7, 11) is -3.61. The molecule has 0 spiro atoms. The van der Waals surface area contributed by atoms with Gasteiger partial charge in [-0.05, 0) is 50.6 Å². The molecule has 7 nitrogen and oxygen atoms in total. The van der Waals surface area contributed by atoms with Gasteiger partial charge >= 0.3 is 0 Å². The Bertz CT molecular complexity index is 935. The first-order chi connectivity index (χ1) is 13.7. The highest BCUT2D eigenvalue weighted by Gasteiger charge is 2.20. The average Bonchev–Trinajstić information content (AvgIpc) is 2.68. The number of carbonyl (C=O) groups is 1. The number of carbonyl (C=O) groups excluding carboxylic acids is 1. The van der Waals surface area contributed by atoms with E-state index in [2.05, 4.69) is 29.3 Å². The second kappa shape index (κ2) is 10.1. The highest BCUT2D eigenvalue weighted by atomic mass is 32.2. The van der Waals surface area contributed by atoms with E-state index in [0.29, 0.717) is 5.69 Å². The normalized spacial score (nSPS) is 11.4. The van der Waals surface area contributed by atoms with Crippen LogP contribution in [0.1, 0.15) is 25.0 Å². The van der Waals surface area contributed by atoms with Crippen LogP contribution in [-0.2, 0) is 14.8 Å². The maximum Gasteiger partial charge on any atom is 0.260 e. The highest BCUT2D eigenvalue weighted by molar-refractivity contribution is 7.92. The van der Waals surface area contributed by atoms with Gasteiger partial charge in [-0.15, -0.1) is 0 Å². The van der Waals surface area contributed by atoms with Gasteiger partial charge in [0.05, 0.1) is 18.2 Å². The van der Waals surface area contributed by atoms with E-state index in [4.69, 9.17) is 0 Å². The van der Waals surface area contributed by atoms with E-state index in [1.165, 1.54) is 6.21 Å². The highest BCUT2D eigenvalue weighted by Crippen LogP contribution is 2.18. The summed E-state index contributed by atoms with van der Waals surface area (Å²) in [6.07, 6.45) is 2.60. The Morgan fingerprint density at radius 2 is 1.55 bits per heavy atom. The third-order valence-electron chi connectivity index (χ3n) is 4.43. The van der Waals surface area contributed by atoms with Gasteiger partial charge in [-0.3, -0.25) is 9.10 Å². The van der Waals surface area contributed by atoms with Crippen LogP contribution in [0.25, 0.3) is 0 Å². The van der Waals surface area contributed by atoms with Crippen molar-refractivity contribution in [2.75, 3.05) is 35.1 Å². The number of hydrogen-bond acceptors (Lipinski definition) is 5. The molecule has 1 N–H and O–H groups in total. The van der Waals surface area contributed by atoms with Crippen molar-refractivity contribution < 1.29 is 13.2 Å². The molecule has 2 aromatic carbocycles. The summed E-state index contributed by atoms with van der Waals surface area (Å²) in [4.78, 5) is 14.4. The molecule has 0 atom stereocenters. The zero-order chi connectivity index (χ0) is 21.4. The van der Waals surface area contributed by atoms with Crippen LogP contribution in [-0.4, -0.2) is 46.4 Å². The lowest BCUT2D eigenvalue weighted by atomic mass is 10.2. The van der Waals surface area contributed by atoms with Crippen LogP contribution in [0.15, 0.2) is 53.6 Å². The number of amides is 1. The second-order valence-electron chi connectivity index (χ2n) is 6.66. The number of rotatable bonds is 9. The zero-order valence-electron chi connectivity index (χ0n) is 17.3. The molecule has 0 saturated carbocycles. The van der Waals surface area contributed by atoms with E-state index < -0.39 is 15.9 Å². The van der Waals surface area contributed by atoms with Crippen molar-refractivity contribution in [3.63, 3.8) is 0 Å². The number of aryl methyl sites for hydroxylation is 1. The zero-order valence-corrected chi connectivity index (χ0v) is 18.1. The fourth-order valence-electron chi connectivity index (χ4n) is 2.82. The Labute approximate surface area is 173 Å². The van der Waals surface area contributed by atoms with Gasteiger partial charge in [-0.25, -0.2) is 13.8 Å². The summed E-state index contributed by atoms with van der Waals surface area (Å²) >= 11 is 0. The first-order valence-corrected chi connectivity index (χ1v) is 11.3. The van der Waals surface area contributed by atoms with Crippen molar-refractivity contribution in [2.24, 2.45) is 5.10 Å². The molecule has 0 aromatic heterocycles. The van der Waals surface area contributed by atoms with Crippen LogP contribution >= 0.6 is 0 Å². The van der Waals surface area contributed by atoms with Gasteiger partial charge in [0.25, 0.3) is 5.91 Å². The van der Waals surface area contributed by atoms with Gasteiger partial charge in [-0.1, -0.05) is 29.8 Å². The van der Waals surface area contributed by atoms with Crippen molar-refractivity contribution in [1.29, 1.82) is 0 Å². The SMILES string of the molecule is CCN(CC)c1ccc(/C=N\NC(=O)CN(c2ccc(C)cc2)S(C)(=O)=O)cc1. The molecule has 156 valence electrons. The minimum Gasteiger partial charge on any atom is -0.372 e. The molecule has 29 heavy (non-hydrogen) atoms. The quantitative estimate of drug-likeness (QED) is 0.503. The fourth-order valence-corrected chi connectivity index (χ4v) is 3.67. The molecule has 0 aliphatic heterocycles. The summed E-state index contributed by atoms with van der Waals surface area (Å²) in [6.45, 7) is 7.62. The Morgan fingerprint density at radius 3 is 2.07 bits per heavy atom. The van der Waals surface area contributed by atoms with Gasteiger partial charge in [0, 0.05) is 18.8 Å². The molecule has 2 rings (SSSR count). The van der Waals surface area contributed by atoms with Crippen LogP contribution < -0.4 is 14.6 Å². The molecule has 0 saturated heterocycles. The minimum atomic E-state index is -3.61. The topological polar surface area (TPSA) is 82.1 Å². The van der Waals surface area contributed by atoms with Gasteiger partial charge in [0.15, 0.2) is 0 Å². The third-order valence-corrected chi connectivity index (χ3v) is 5.57. The number of nitrogens with one attached hydrogen (secondary N) is 1. The maximum absolute atomic E-state index is 12.2. The predicted molar refractivity (Wildman–Crippen MR) is 119 cm³/mol. The van der Waals surface area contributed by atoms with Crippen LogP contribution in [0.4, 0.5) is 11.4 Å². The van der Waals surface area contributed by atoms with Crippen LogP contribution in [0.2, 0.25) is 0 Å². The lowest BCUT2D eigenvalue weighted by Crippen LogP contribution is -2.39. The van der Waals surface area contributed by atoms with E-state index >= 15 is 0 Å². The average molecular weight is 417 g/mol. The third kappa shape index (κ3) is 6.60. The predicted octanol–water partition coefficient (Wildman–Crippen LogP) is 2.76. The van der Waals surface area contributed by atoms with Crippen molar-refractivity contribution in [2.45, 2.75) is 20.8 Å². The van der Waals surface area contributed by atoms with E-state index in [1.54, 1.807) is 24.3 Å². The summed E-state index contributed by atoms with van der Waals surface area (Å²) in [5.41, 5.74) is 5.78. The summed E-state index contributed by atoms with van der Waals surface area (Å²) in [6, 6.07) is 14.8. The van der Waals surface area contributed by atoms with Crippen molar-refractivity contribution in [1.82, 2.24) is 5.43 Å². The first kappa shape index (κ1) is 22.4. The molecule has 0 heterocycles. The number of nitrogens with zero attached hydrogens (tertiary/aromatic N) is 3. The van der Waals surface area contributed by atoms with E-state index in [0.717, 1.165) is 40.5 Å². The minimum absolute atomic E-state index is 0.347. The standard InChI is InChI=1S/C21H28N4O3S/c1-5-24(6-2)19-13-9-18(10-14-19)15-22-23-21(26)16-25(29(4,27)28)20-11-7-17(3)8-12-20/h7-15H,5-6,16H2,1-4H3,(H,23,26)/b22-15-. The molecular weight excluding hydrogens is 388 g/mol. The first-order valence-electron chi connectivity index (χ1n) is 9.46. The Morgan fingerprint density at radius 1 is 1.00 bits per heavy atom. The molecule has 0 unspecified atom stereocenters. The second-order valence-corrected chi connectivity index (χ2v) is 8.57. The lowest BCUT2D eigenvalue weighted by Gasteiger charge is -2.21. The number of hydrazone groups is 1. The number of anilines is 2. The summed E-state index contributed by atoms with van der Waals surface area (Å²) in [5.74, 6) is -0.521. The van der Waals surface area contributed by atoms with E-state index in [1.807, 2.05) is 31.2 Å². The maximum atomic E-state index is 12.2. The molecule has 0 bridgehead atoms. The van der Waals surface area contributed by atoms with Crippen LogP contribution in [0.3, 0.4) is 0 Å². The molecule has 8 heteroatoms. The van der Waals surface area contributed by atoms with E-state index in [-0.39, 0.29) is 6.54 Å². The largest absolute Gasteiger partial charge is 0.372 e. The van der Waals surface area contributed by atoms with Gasteiger partial charge < -0.3 is 4.90 Å². The Hall–Kier alpha value is -2.87. The number of benzene rings is 2. The Balaban J connectivity index is 2.01. The van der Waals surface area contributed by atoms with Gasteiger partial charge in [0.2, 0.25) is 10.0 Å². The van der Waals surface area contributed by atoms with Crippen molar-refractivity contribution >= 4 is 33.5 Å². The van der Waals surface area contributed by atoms with Crippen LogP contribution in [0, 0.1) is 6.92 Å². The van der Waals surface area contributed by atoms with Gasteiger partial charge in [-0.2, -0.15) is 5.10 Å². The smallest absolute Gasteiger partial charge is 0.260 e. The van der Waals surface area contributed by atoms with E-state index in [9.17, 15) is 13.2 Å². The summed E-state index contributed by atoms with van der Waals surface area (Å²) < 4.78 is 25.2. The molecule has 0 fully saturated rings. The Kier molecular flexibility index (Phi) is 7.78. The summed E-state index contributed by atoms with van der Waals surface area (Å²) in [5, 5.41) is 3.94. The fraction of sp³-hybridized carbons (Fsp3) is 0.333. The van der Waals surface area contributed by atoms with Crippen molar-refractivity contribution in [3.8, 4) is 0 Å². The number of sulfonamides is 1. The van der Waals surface area contributed by atoms with Gasteiger partial charge in [0.1, 0.15) is 6.54 Å². The molecule has 1 amide bonds. The molecule has 0 aliphatic rings. The van der Waals surface area contributed by atoms with Crippen LogP contribution in [0.5, 0.6) is 0 Å². The molecule has 0 aliphatic carbocycles. The number of hydrogen-bond donors (Lipinski definition) is 1. The lowest BCUT2D eigenvalue weighted by molar-refractivity contribution is -0.119. The monoisotopic (exact) mass is 416 g/mol. The van der Waals surface area contributed by atoms with Crippen molar-refractivity contribution in [3.05, 3.63) is 59.7 Å². The molecular formula is C21H28N4O3S. The molecule has 2 aromatic rings.